The highest BCUT2D eigenvalue weighted by molar-refractivity contribution is 7.21. The van der Waals surface area contributed by atoms with Gasteiger partial charge in [0.15, 0.2) is 16.5 Å². The van der Waals surface area contributed by atoms with Crippen molar-refractivity contribution in [2.24, 2.45) is 0 Å². The van der Waals surface area contributed by atoms with Crippen LogP contribution in [0.2, 0.25) is 0 Å². The number of hydrogen-bond donors (Lipinski definition) is 1. The standard InChI is InChI=1S/C17H14N4O2S2/c1-9(2)15-20-21-17(25-15)19-14(22)11-7-8-12(23-11)16-18-10-5-3-4-6-13(10)24-16/h3-9H,1-2H3,(H,19,21,22). The van der Waals surface area contributed by atoms with Crippen LogP contribution in [0.25, 0.3) is 21.0 Å². The third-order valence-electron chi connectivity index (χ3n) is 3.49. The second-order valence-electron chi connectivity index (χ2n) is 5.70. The second-order valence-corrected chi connectivity index (χ2v) is 7.74. The van der Waals surface area contributed by atoms with Crippen LogP contribution in [0, 0.1) is 0 Å². The van der Waals surface area contributed by atoms with Crippen LogP contribution in [-0.2, 0) is 0 Å². The van der Waals surface area contributed by atoms with Gasteiger partial charge in [0.2, 0.25) is 5.13 Å². The monoisotopic (exact) mass is 370 g/mol. The molecule has 1 amide bonds. The van der Waals surface area contributed by atoms with E-state index >= 15 is 0 Å². The number of nitrogens with zero attached hydrogens (tertiary/aromatic N) is 3. The lowest BCUT2D eigenvalue weighted by Gasteiger charge is -1.97. The number of furan rings is 1. The van der Waals surface area contributed by atoms with Gasteiger partial charge in [-0.1, -0.05) is 37.3 Å². The maximum absolute atomic E-state index is 12.3. The fourth-order valence-electron chi connectivity index (χ4n) is 2.23. The van der Waals surface area contributed by atoms with Gasteiger partial charge in [-0.05, 0) is 24.3 Å². The Morgan fingerprint density at radius 1 is 1.12 bits per heavy atom. The molecule has 6 nitrogen and oxygen atoms in total. The predicted molar refractivity (Wildman–Crippen MR) is 99.3 cm³/mol. The van der Waals surface area contributed by atoms with E-state index in [0.717, 1.165) is 20.2 Å². The molecule has 3 aromatic heterocycles. The zero-order valence-electron chi connectivity index (χ0n) is 13.5. The predicted octanol–water partition coefficient (Wildman–Crippen LogP) is 4.78. The van der Waals surface area contributed by atoms with Crippen molar-refractivity contribution in [3.05, 3.63) is 47.2 Å². The number of anilines is 1. The van der Waals surface area contributed by atoms with E-state index in [1.807, 2.05) is 38.1 Å². The minimum atomic E-state index is -0.348. The summed E-state index contributed by atoms with van der Waals surface area (Å²) in [5, 5.41) is 12.8. The lowest BCUT2D eigenvalue weighted by atomic mass is 10.2. The van der Waals surface area contributed by atoms with Gasteiger partial charge < -0.3 is 4.42 Å². The minimum absolute atomic E-state index is 0.218. The van der Waals surface area contributed by atoms with Crippen LogP contribution >= 0.6 is 22.7 Å². The molecule has 1 aromatic carbocycles. The zero-order chi connectivity index (χ0) is 17.4. The highest BCUT2D eigenvalue weighted by Gasteiger charge is 2.17. The molecule has 0 fully saturated rings. The van der Waals surface area contributed by atoms with Gasteiger partial charge in [-0.3, -0.25) is 10.1 Å². The zero-order valence-corrected chi connectivity index (χ0v) is 15.1. The Bertz CT molecular complexity index is 1010. The number of hydrogen-bond acceptors (Lipinski definition) is 7. The summed E-state index contributed by atoms with van der Waals surface area (Å²) in [5.41, 5.74) is 0.917. The maximum Gasteiger partial charge on any atom is 0.293 e. The van der Waals surface area contributed by atoms with E-state index in [1.165, 1.54) is 22.7 Å². The molecule has 126 valence electrons. The maximum atomic E-state index is 12.3. The molecule has 0 aliphatic rings. The van der Waals surface area contributed by atoms with Crippen LogP contribution in [0.3, 0.4) is 0 Å². The minimum Gasteiger partial charge on any atom is -0.448 e. The van der Waals surface area contributed by atoms with Crippen molar-refractivity contribution in [2.45, 2.75) is 19.8 Å². The van der Waals surface area contributed by atoms with Crippen molar-refractivity contribution < 1.29 is 9.21 Å². The molecule has 4 aromatic rings. The number of para-hydroxylation sites is 1. The van der Waals surface area contributed by atoms with Gasteiger partial charge in [-0.2, -0.15) is 0 Å². The van der Waals surface area contributed by atoms with Crippen molar-refractivity contribution in [3.63, 3.8) is 0 Å². The normalized spacial score (nSPS) is 11.3. The van der Waals surface area contributed by atoms with Crippen LogP contribution in [0.15, 0.2) is 40.8 Å². The average molecular weight is 370 g/mol. The molecule has 0 aliphatic carbocycles. The molecule has 3 heterocycles. The molecule has 0 spiro atoms. The summed E-state index contributed by atoms with van der Waals surface area (Å²) in [6.45, 7) is 4.06. The van der Waals surface area contributed by atoms with E-state index in [1.54, 1.807) is 12.1 Å². The number of thiazole rings is 1. The number of fused-ring (bicyclic) bond motifs is 1. The summed E-state index contributed by atoms with van der Waals surface area (Å²) in [6, 6.07) is 11.3. The Hall–Kier alpha value is -2.58. The van der Waals surface area contributed by atoms with Gasteiger partial charge in [-0.15, -0.1) is 21.5 Å². The van der Waals surface area contributed by atoms with Gasteiger partial charge >= 0.3 is 0 Å². The molecule has 4 rings (SSSR count). The molecule has 25 heavy (non-hydrogen) atoms. The SMILES string of the molecule is CC(C)c1nnc(NC(=O)c2ccc(-c3nc4ccccc4s3)o2)s1. The molecule has 1 N–H and O–H groups in total. The quantitative estimate of drug-likeness (QED) is 0.559. The number of amides is 1. The summed E-state index contributed by atoms with van der Waals surface area (Å²) in [6.07, 6.45) is 0. The van der Waals surface area contributed by atoms with E-state index in [9.17, 15) is 4.79 Å². The first-order valence-electron chi connectivity index (χ1n) is 7.70. The summed E-state index contributed by atoms with van der Waals surface area (Å²) in [4.78, 5) is 16.9. The topological polar surface area (TPSA) is 80.9 Å². The van der Waals surface area contributed by atoms with Crippen LogP contribution < -0.4 is 5.32 Å². The van der Waals surface area contributed by atoms with Gasteiger partial charge in [0.05, 0.1) is 10.2 Å². The Labute approximate surface area is 151 Å². The van der Waals surface area contributed by atoms with Gasteiger partial charge in [0.25, 0.3) is 5.91 Å². The third-order valence-corrected chi connectivity index (χ3v) is 5.68. The third kappa shape index (κ3) is 3.18. The van der Waals surface area contributed by atoms with E-state index in [4.69, 9.17) is 4.42 Å². The first-order chi connectivity index (χ1) is 12.1. The largest absolute Gasteiger partial charge is 0.448 e. The number of nitrogens with one attached hydrogen (secondary N) is 1. The lowest BCUT2D eigenvalue weighted by molar-refractivity contribution is 0.0997. The summed E-state index contributed by atoms with van der Waals surface area (Å²) < 4.78 is 6.76. The number of carbonyl (C=O) groups is 1. The number of aromatic nitrogens is 3. The molecule has 0 atom stereocenters. The summed E-state index contributed by atoms with van der Waals surface area (Å²) in [5.74, 6) is 0.721. The molecule has 0 aliphatic heterocycles. The van der Waals surface area contributed by atoms with Crippen LogP contribution in [0.4, 0.5) is 5.13 Å². The van der Waals surface area contributed by atoms with Gasteiger partial charge in [0.1, 0.15) is 5.01 Å². The highest BCUT2D eigenvalue weighted by atomic mass is 32.1. The van der Waals surface area contributed by atoms with Crippen molar-refractivity contribution in [3.8, 4) is 10.8 Å². The lowest BCUT2D eigenvalue weighted by Crippen LogP contribution is -2.10. The van der Waals surface area contributed by atoms with Crippen LogP contribution in [0.1, 0.15) is 35.3 Å². The smallest absolute Gasteiger partial charge is 0.293 e. The van der Waals surface area contributed by atoms with E-state index in [2.05, 4.69) is 20.5 Å². The fraction of sp³-hybridized carbons (Fsp3) is 0.176. The van der Waals surface area contributed by atoms with E-state index in [0.29, 0.717) is 10.9 Å². The van der Waals surface area contributed by atoms with Crippen LogP contribution in [-0.4, -0.2) is 21.1 Å². The average Bonchev–Trinajstić information content (AvgIpc) is 3.32. The van der Waals surface area contributed by atoms with Gasteiger partial charge in [0, 0.05) is 5.92 Å². The summed E-state index contributed by atoms with van der Waals surface area (Å²) >= 11 is 2.89. The molecule has 0 saturated heterocycles. The van der Waals surface area contributed by atoms with Crippen molar-refractivity contribution in [1.29, 1.82) is 0 Å². The molecule has 0 saturated carbocycles. The van der Waals surface area contributed by atoms with Gasteiger partial charge in [-0.25, -0.2) is 4.98 Å². The highest BCUT2D eigenvalue weighted by Crippen LogP contribution is 2.31. The Morgan fingerprint density at radius 2 is 1.96 bits per heavy atom. The number of benzene rings is 1. The first kappa shape index (κ1) is 15.9. The molecular formula is C17H14N4O2S2. The Morgan fingerprint density at radius 3 is 2.72 bits per heavy atom. The molecule has 8 heteroatoms. The molecule has 0 radical (unpaired) electrons. The molecule has 0 bridgehead atoms. The van der Waals surface area contributed by atoms with E-state index in [-0.39, 0.29) is 17.6 Å². The van der Waals surface area contributed by atoms with E-state index < -0.39 is 0 Å². The molecular weight excluding hydrogens is 356 g/mol. The fourth-order valence-corrected chi connectivity index (χ4v) is 3.90. The van der Waals surface area contributed by atoms with Crippen molar-refractivity contribution in [1.82, 2.24) is 15.2 Å². The first-order valence-corrected chi connectivity index (χ1v) is 9.34. The second kappa shape index (κ2) is 6.38. The van der Waals surface area contributed by atoms with Crippen LogP contribution in [0.5, 0.6) is 0 Å². The Balaban J connectivity index is 1.54. The Kier molecular flexibility index (Phi) is 4.06. The number of carbonyl (C=O) groups excluding carboxylic acids is 1. The van der Waals surface area contributed by atoms with Crippen molar-refractivity contribution in [2.75, 3.05) is 5.32 Å². The number of rotatable bonds is 4. The summed E-state index contributed by atoms with van der Waals surface area (Å²) in [7, 11) is 0. The van der Waals surface area contributed by atoms with Crippen molar-refractivity contribution >= 4 is 43.9 Å². The molecule has 0 unspecified atom stereocenters.